The van der Waals surface area contributed by atoms with E-state index in [1.54, 1.807) is 19.1 Å². The summed E-state index contributed by atoms with van der Waals surface area (Å²) in [5, 5.41) is 0. The first-order chi connectivity index (χ1) is 14.4. The second-order valence-corrected chi connectivity index (χ2v) is 10.2. The van der Waals surface area contributed by atoms with Gasteiger partial charge >= 0.3 is 11.9 Å². The normalized spacial score (nSPS) is 25.4. The number of nitrogens with zero attached hydrogens (tertiary/aromatic N) is 2. The first-order valence-corrected chi connectivity index (χ1v) is 12.1. The summed E-state index contributed by atoms with van der Waals surface area (Å²) in [6, 6.07) is 4.66. The van der Waals surface area contributed by atoms with Gasteiger partial charge in [0.25, 0.3) is 0 Å². The summed E-state index contributed by atoms with van der Waals surface area (Å²) >= 11 is 0. The van der Waals surface area contributed by atoms with Crippen LogP contribution in [-0.4, -0.2) is 63.0 Å². The van der Waals surface area contributed by atoms with Crippen LogP contribution in [0.1, 0.15) is 55.8 Å². The zero-order valence-electron chi connectivity index (χ0n) is 17.2. The van der Waals surface area contributed by atoms with E-state index in [0.29, 0.717) is 25.2 Å². The third-order valence-corrected chi connectivity index (χ3v) is 7.86. The van der Waals surface area contributed by atoms with Crippen molar-refractivity contribution in [2.45, 2.75) is 62.6 Å². The molecule has 3 saturated heterocycles. The zero-order chi connectivity index (χ0) is 21.3. The number of piperidine rings is 1. The van der Waals surface area contributed by atoms with Gasteiger partial charge in [0.2, 0.25) is 16.1 Å². The lowest BCUT2D eigenvalue weighted by atomic mass is 10.1. The molecule has 2 unspecified atom stereocenters. The maximum absolute atomic E-state index is 13.1. The second kappa shape index (κ2) is 8.55. The van der Waals surface area contributed by atoms with Crippen molar-refractivity contribution in [3.8, 4) is 0 Å². The summed E-state index contributed by atoms with van der Waals surface area (Å²) in [7, 11) is -3.69. The minimum atomic E-state index is -3.69. The van der Waals surface area contributed by atoms with Gasteiger partial charge < -0.3 is 14.4 Å². The van der Waals surface area contributed by atoms with Crippen molar-refractivity contribution in [2.24, 2.45) is 0 Å². The Morgan fingerprint density at radius 1 is 1.07 bits per heavy atom. The van der Waals surface area contributed by atoms with Gasteiger partial charge in [0.15, 0.2) is 0 Å². The van der Waals surface area contributed by atoms with E-state index in [9.17, 15) is 18.0 Å². The number of hydrogen-bond acceptors (Lipinski definition) is 7. The van der Waals surface area contributed by atoms with Gasteiger partial charge in [-0.3, -0.25) is 0 Å². The standard InChI is InChI=1S/C21H28N2O6S/c1-15-13-19(21(25)28-15)29-20(24)17-14-16(7-8-18(17)22-9-5-6-10-22)30(26,27)23-11-3-2-4-12-23/h7-8,14-15,19H,2-6,9-13H2,1H3. The van der Waals surface area contributed by atoms with Crippen molar-refractivity contribution in [2.75, 3.05) is 31.1 Å². The summed E-state index contributed by atoms with van der Waals surface area (Å²) in [4.78, 5) is 27.1. The fourth-order valence-corrected chi connectivity index (χ4v) is 5.88. The zero-order valence-corrected chi connectivity index (χ0v) is 18.0. The maximum Gasteiger partial charge on any atom is 0.347 e. The monoisotopic (exact) mass is 436 g/mol. The number of sulfonamides is 1. The van der Waals surface area contributed by atoms with E-state index in [1.165, 1.54) is 10.4 Å². The SMILES string of the molecule is CC1CC(OC(=O)c2cc(S(=O)(=O)N3CCCCC3)ccc2N2CCCC2)C(=O)O1. The van der Waals surface area contributed by atoms with Crippen LogP contribution in [0.15, 0.2) is 23.1 Å². The van der Waals surface area contributed by atoms with Crippen molar-refractivity contribution in [3.05, 3.63) is 23.8 Å². The third kappa shape index (κ3) is 4.18. The van der Waals surface area contributed by atoms with Crippen LogP contribution in [0.4, 0.5) is 5.69 Å². The lowest BCUT2D eigenvalue weighted by Crippen LogP contribution is -2.35. The van der Waals surface area contributed by atoms with Gasteiger partial charge in [0.1, 0.15) is 6.10 Å². The molecule has 0 bridgehead atoms. The van der Waals surface area contributed by atoms with Gasteiger partial charge in [-0.25, -0.2) is 18.0 Å². The lowest BCUT2D eigenvalue weighted by Gasteiger charge is -2.27. The predicted molar refractivity (Wildman–Crippen MR) is 110 cm³/mol. The molecule has 0 aliphatic carbocycles. The molecule has 0 aromatic heterocycles. The second-order valence-electron chi connectivity index (χ2n) is 8.22. The highest BCUT2D eigenvalue weighted by atomic mass is 32.2. The van der Waals surface area contributed by atoms with Crippen LogP contribution in [0.25, 0.3) is 0 Å². The molecule has 1 aromatic rings. The summed E-state index contributed by atoms with van der Waals surface area (Å²) < 4.78 is 38.2. The molecule has 0 radical (unpaired) electrons. The Morgan fingerprint density at radius 3 is 2.37 bits per heavy atom. The van der Waals surface area contributed by atoms with Gasteiger partial charge in [-0.05, 0) is 50.8 Å². The largest absolute Gasteiger partial charge is 0.460 e. The quantitative estimate of drug-likeness (QED) is 0.654. The van der Waals surface area contributed by atoms with Crippen LogP contribution < -0.4 is 4.90 Å². The van der Waals surface area contributed by atoms with Gasteiger partial charge in [-0.1, -0.05) is 6.42 Å². The summed E-state index contributed by atoms with van der Waals surface area (Å²) in [6.07, 6.45) is 3.75. The molecule has 9 heteroatoms. The number of hydrogen-bond donors (Lipinski definition) is 0. The van der Waals surface area contributed by atoms with E-state index in [0.717, 1.165) is 45.2 Å². The van der Waals surface area contributed by atoms with E-state index in [1.807, 2.05) is 0 Å². The summed E-state index contributed by atoms with van der Waals surface area (Å²) in [5.41, 5.74) is 0.830. The molecule has 2 atom stereocenters. The molecular weight excluding hydrogens is 408 g/mol. The van der Waals surface area contributed by atoms with Gasteiger partial charge in [-0.2, -0.15) is 4.31 Å². The Hall–Kier alpha value is -2.13. The number of rotatable bonds is 5. The predicted octanol–water partition coefficient (Wildman–Crippen LogP) is 2.32. The van der Waals surface area contributed by atoms with Gasteiger partial charge in [-0.15, -0.1) is 0 Å². The highest BCUT2D eigenvalue weighted by molar-refractivity contribution is 7.89. The van der Waals surface area contributed by atoms with Crippen LogP contribution in [0.3, 0.4) is 0 Å². The van der Waals surface area contributed by atoms with Gasteiger partial charge in [0.05, 0.1) is 16.1 Å². The molecule has 3 aliphatic heterocycles. The fourth-order valence-electron chi connectivity index (χ4n) is 4.34. The molecule has 3 aliphatic rings. The highest BCUT2D eigenvalue weighted by Gasteiger charge is 2.36. The molecule has 3 heterocycles. The van der Waals surface area contributed by atoms with Crippen molar-refractivity contribution in [3.63, 3.8) is 0 Å². The first kappa shape index (κ1) is 21.1. The van der Waals surface area contributed by atoms with Crippen LogP contribution in [0.2, 0.25) is 0 Å². The Bertz CT molecular complexity index is 919. The van der Waals surface area contributed by atoms with E-state index in [-0.39, 0.29) is 16.6 Å². The number of cyclic esters (lactones) is 1. The molecule has 4 rings (SSSR count). The third-order valence-electron chi connectivity index (χ3n) is 5.96. The molecular formula is C21H28N2O6S. The minimum Gasteiger partial charge on any atom is -0.460 e. The van der Waals surface area contributed by atoms with Crippen molar-refractivity contribution in [1.82, 2.24) is 4.31 Å². The number of carbonyl (C=O) groups is 2. The maximum atomic E-state index is 13.1. The number of carbonyl (C=O) groups excluding carboxylic acids is 2. The average molecular weight is 437 g/mol. The van der Waals surface area contributed by atoms with E-state index < -0.39 is 28.1 Å². The van der Waals surface area contributed by atoms with Crippen LogP contribution in [0.5, 0.6) is 0 Å². The van der Waals surface area contributed by atoms with E-state index >= 15 is 0 Å². The van der Waals surface area contributed by atoms with Crippen LogP contribution in [0, 0.1) is 0 Å². The van der Waals surface area contributed by atoms with Gasteiger partial charge in [0, 0.05) is 32.6 Å². The highest BCUT2D eigenvalue weighted by Crippen LogP contribution is 2.31. The van der Waals surface area contributed by atoms with Crippen molar-refractivity contribution >= 4 is 27.6 Å². The number of benzene rings is 1. The Balaban J connectivity index is 1.66. The Labute approximate surface area is 177 Å². The summed E-state index contributed by atoms with van der Waals surface area (Å²) in [6.45, 7) is 4.30. The molecule has 0 N–H and O–H groups in total. The molecule has 164 valence electrons. The van der Waals surface area contributed by atoms with E-state index in [4.69, 9.17) is 9.47 Å². The average Bonchev–Trinajstić information content (AvgIpc) is 3.38. The van der Waals surface area contributed by atoms with Crippen molar-refractivity contribution in [1.29, 1.82) is 0 Å². The molecule has 0 spiro atoms. The minimum absolute atomic E-state index is 0.0849. The molecule has 1 aromatic carbocycles. The Morgan fingerprint density at radius 2 is 1.73 bits per heavy atom. The van der Waals surface area contributed by atoms with E-state index in [2.05, 4.69) is 4.90 Å². The number of ether oxygens (including phenoxy) is 2. The molecule has 8 nitrogen and oxygen atoms in total. The van der Waals surface area contributed by atoms with Crippen LogP contribution >= 0.6 is 0 Å². The molecule has 0 saturated carbocycles. The van der Waals surface area contributed by atoms with Crippen molar-refractivity contribution < 1.29 is 27.5 Å². The summed E-state index contributed by atoms with van der Waals surface area (Å²) in [5.74, 6) is -1.25. The number of anilines is 1. The molecule has 0 amide bonds. The lowest BCUT2D eigenvalue weighted by molar-refractivity contribution is -0.147. The fraction of sp³-hybridized carbons (Fsp3) is 0.619. The first-order valence-electron chi connectivity index (χ1n) is 10.7. The smallest absolute Gasteiger partial charge is 0.347 e. The molecule has 30 heavy (non-hydrogen) atoms. The number of esters is 2. The van der Waals surface area contributed by atoms with Crippen LogP contribution in [-0.2, 0) is 24.3 Å². The topological polar surface area (TPSA) is 93.2 Å². The Kier molecular flexibility index (Phi) is 6.02. The molecule has 3 fully saturated rings.